The summed E-state index contributed by atoms with van der Waals surface area (Å²) < 4.78 is 0.736. The summed E-state index contributed by atoms with van der Waals surface area (Å²) in [4.78, 5) is 12.9. The highest BCUT2D eigenvalue weighted by molar-refractivity contribution is 7.16. The molecule has 0 aromatic carbocycles. The molecule has 0 aliphatic rings. The van der Waals surface area contributed by atoms with Crippen LogP contribution in [0.3, 0.4) is 0 Å². The van der Waals surface area contributed by atoms with Crippen molar-refractivity contribution < 1.29 is 10.0 Å². The number of carbonyl (C=O) groups is 1. The van der Waals surface area contributed by atoms with Crippen LogP contribution in [0, 0.1) is 5.92 Å². The van der Waals surface area contributed by atoms with Crippen LogP contribution in [0.5, 0.6) is 0 Å². The maximum absolute atomic E-state index is 11.8. The molecule has 1 rings (SSSR count). The first-order valence-corrected chi connectivity index (χ1v) is 6.77. The average Bonchev–Trinajstić information content (AvgIpc) is 2.75. The Morgan fingerprint density at radius 1 is 1.67 bits per heavy atom. The summed E-state index contributed by atoms with van der Waals surface area (Å²) in [6.07, 6.45) is 1.21. The number of rotatable bonds is 6. The largest absolute Gasteiger partial charge is 0.409 e. The van der Waals surface area contributed by atoms with Gasteiger partial charge in [-0.05, 0) is 25.0 Å². The van der Waals surface area contributed by atoms with E-state index >= 15 is 0 Å². The molecule has 1 aromatic heterocycles. The minimum absolute atomic E-state index is 0.0610. The van der Waals surface area contributed by atoms with Gasteiger partial charge in [-0.1, -0.05) is 23.7 Å². The van der Waals surface area contributed by atoms with E-state index in [0.29, 0.717) is 13.0 Å². The lowest BCUT2D eigenvalue weighted by molar-refractivity contribution is -0.123. The molecule has 4 N–H and O–H groups in total. The Kier molecular flexibility index (Phi) is 5.94. The van der Waals surface area contributed by atoms with Crippen LogP contribution < -0.4 is 11.1 Å². The minimum atomic E-state index is -0.582. The monoisotopic (exact) mass is 289 g/mol. The summed E-state index contributed by atoms with van der Waals surface area (Å²) in [5.41, 5.74) is 5.44. The van der Waals surface area contributed by atoms with Gasteiger partial charge in [-0.15, -0.1) is 11.3 Å². The number of hydrogen-bond acceptors (Lipinski definition) is 4. The Morgan fingerprint density at radius 3 is 2.89 bits per heavy atom. The van der Waals surface area contributed by atoms with Crippen molar-refractivity contribution in [1.82, 2.24) is 5.32 Å². The fourth-order valence-electron chi connectivity index (χ4n) is 1.52. The van der Waals surface area contributed by atoms with Gasteiger partial charge in [-0.25, -0.2) is 0 Å². The summed E-state index contributed by atoms with van der Waals surface area (Å²) >= 11 is 7.30. The normalized spacial score (nSPS) is 13.3. The first-order chi connectivity index (χ1) is 8.58. The molecular weight excluding hydrogens is 274 g/mol. The van der Waals surface area contributed by atoms with Crippen molar-refractivity contribution in [2.24, 2.45) is 16.8 Å². The van der Waals surface area contributed by atoms with Crippen LogP contribution in [0.2, 0.25) is 4.34 Å². The predicted molar refractivity (Wildman–Crippen MR) is 73.2 cm³/mol. The van der Waals surface area contributed by atoms with Crippen LogP contribution in [0.1, 0.15) is 18.2 Å². The van der Waals surface area contributed by atoms with Gasteiger partial charge in [0.25, 0.3) is 0 Å². The Bertz CT molecular complexity index is 434. The second-order valence-corrected chi connectivity index (χ2v) is 5.53. The van der Waals surface area contributed by atoms with E-state index in [4.69, 9.17) is 22.5 Å². The molecule has 100 valence electrons. The average molecular weight is 290 g/mol. The highest BCUT2D eigenvalue weighted by atomic mass is 35.5. The molecule has 0 aliphatic heterocycles. The summed E-state index contributed by atoms with van der Waals surface area (Å²) in [5.74, 6) is -0.869. The van der Waals surface area contributed by atoms with Gasteiger partial charge >= 0.3 is 0 Å². The van der Waals surface area contributed by atoms with Gasteiger partial charge in [-0.2, -0.15) is 0 Å². The number of carbonyl (C=O) groups excluding carboxylic acids is 1. The Labute approximate surface area is 115 Å². The molecule has 1 amide bonds. The van der Waals surface area contributed by atoms with Crippen molar-refractivity contribution >= 4 is 34.7 Å². The van der Waals surface area contributed by atoms with Gasteiger partial charge in [0.05, 0.1) is 10.3 Å². The number of thiophene rings is 1. The van der Waals surface area contributed by atoms with E-state index < -0.39 is 5.92 Å². The van der Waals surface area contributed by atoms with E-state index in [0.717, 1.165) is 15.6 Å². The summed E-state index contributed by atoms with van der Waals surface area (Å²) in [7, 11) is 0. The molecule has 1 heterocycles. The molecule has 1 aromatic rings. The molecule has 7 heteroatoms. The number of amides is 1. The lowest BCUT2D eigenvalue weighted by Gasteiger charge is -2.12. The van der Waals surface area contributed by atoms with Gasteiger partial charge in [0.2, 0.25) is 5.91 Å². The second kappa shape index (κ2) is 7.23. The van der Waals surface area contributed by atoms with Crippen LogP contribution in [0.4, 0.5) is 0 Å². The molecule has 0 bridgehead atoms. The van der Waals surface area contributed by atoms with E-state index in [2.05, 4.69) is 10.5 Å². The fourth-order valence-corrected chi connectivity index (χ4v) is 2.60. The maximum atomic E-state index is 11.8. The standard InChI is InChI=1S/C11H16ClN3O2S/c1-2-8(10(13)15-17)11(16)14-6-5-7-3-4-9(12)18-7/h3-4,8,17H,2,5-6H2,1H3,(H2,13,15)(H,14,16). The molecule has 0 aliphatic carbocycles. The minimum Gasteiger partial charge on any atom is -0.409 e. The van der Waals surface area contributed by atoms with Crippen molar-refractivity contribution in [3.8, 4) is 0 Å². The van der Waals surface area contributed by atoms with E-state index in [1.807, 2.05) is 12.1 Å². The third-order valence-corrected chi connectivity index (χ3v) is 3.79. The highest BCUT2D eigenvalue weighted by Crippen LogP contribution is 2.21. The van der Waals surface area contributed by atoms with E-state index in [1.165, 1.54) is 11.3 Å². The fraction of sp³-hybridized carbons (Fsp3) is 0.455. The number of oxime groups is 1. The quantitative estimate of drug-likeness (QED) is 0.323. The van der Waals surface area contributed by atoms with Crippen LogP contribution in [0.15, 0.2) is 17.3 Å². The first-order valence-electron chi connectivity index (χ1n) is 5.57. The van der Waals surface area contributed by atoms with Crippen molar-refractivity contribution in [1.29, 1.82) is 0 Å². The van der Waals surface area contributed by atoms with Crippen molar-refractivity contribution in [3.05, 3.63) is 21.3 Å². The molecular formula is C11H16ClN3O2S. The smallest absolute Gasteiger partial charge is 0.230 e. The van der Waals surface area contributed by atoms with Crippen LogP contribution in [-0.4, -0.2) is 23.5 Å². The molecule has 0 spiro atoms. The predicted octanol–water partition coefficient (Wildman–Crippen LogP) is 1.83. The molecule has 0 saturated carbocycles. The summed E-state index contributed by atoms with van der Waals surface area (Å²) in [6, 6.07) is 3.76. The van der Waals surface area contributed by atoms with Crippen LogP contribution in [-0.2, 0) is 11.2 Å². The molecule has 1 unspecified atom stereocenters. The van der Waals surface area contributed by atoms with Crippen molar-refractivity contribution in [3.63, 3.8) is 0 Å². The molecule has 0 saturated heterocycles. The second-order valence-electron chi connectivity index (χ2n) is 3.73. The van der Waals surface area contributed by atoms with E-state index in [1.54, 1.807) is 6.92 Å². The number of hydrogen-bond donors (Lipinski definition) is 3. The van der Waals surface area contributed by atoms with Gasteiger partial charge < -0.3 is 16.3 Å². The number of halogens is 1. The zero-order chi connectivity index (χ0) is 13.5. The Hall–Kier alpha value is -1.27. The van der Waals surface area contributed by atoms with Gasteiger partial charge in [0.15, 0.2) is 5.84 Å². The summed E-state index contributed by atoms with van der Waals surface area (Å²) in [6.45, 7) is 2.31. The Morgan fingerprint density at radius 2 is 2.39 bits per heavy atom. The maximum Gasteiger partial charge on any atom is 0.230 e. The molecule has 18 heavy (non-hydrogen) atoms. The lowest BCUT2D eigenvalue weighted by Crippen LogP contribution is -2.39. The highest BCUT2D eigenvalue weighted by Gasteiger charge is 2.20. The third-order valence-electron chi connectivity index (χ3n) is 2.50. The molecule has 5 nitrogen and oxygen atoms in total. The number of nitrogens with zero attached hydrogens (tertiary/aromatic N) is 1. The van der Waals surface area contributed by atoms with E-state index in [-0.39, 0.29) is 11.7 Å². The van der Waals surface area contributed by atoms with Gasteiger partial charge in [0.1, 0.15) is 0 Å². The van der Waals surface area contributed by atoms with Gasteiger partial charge in [0, 0.05) is 11.4 Å². The first kappa shape index (κ1) is 14.8. The third kappa shape index (κ3) is 4.19. The lowest BCUT2D eigenvalue weighted by atomic mass is 10.0. The van der Waals surface area contributed by atoms with E-state index in [9.17, 15) is 4.79 Å². The van der Waals surface area contributed by atoms with Gasteiger partial charge in [-0.3, -0.25) is 4.79 Å². The SMILES string of the molecule is CCC(C(=O)NCCc1ccc(Cl)s1)/C(N)=N/O. The topological polar surface area (TPSA) is 87.7 Å². The van der Waals surface area contributed by atoms with Crippen molar-refractivity contribution in [2.45, 2.75) is 19.8 Å². The molecule has 0 radical (unpaired) electrons. The zero-order valence-electron chi connectivity index (χ0n) is 10.0. The molecule has 0 fully saturated rings. The summed E-state index contributed by atoms with van der Waals surface area (Å²) in [5, 5.41) is 14.2. The number of amidine groups is 1. The molecule has 1 atom stereocenters. The number of nitrogens with two attached hydrogens (primary N) is 1. The number of nitrogens with one attached hydrogen (secondary N) is 1. The zero-order valence-corrected chi connectivity index (χ0v) is 11.6. The Balaban J connectivity index is 2.40. The van der Waals surface area contributed by atoms with Crippen LogP contribution in [0.25, 0.3) is 0 Å². The van der Waals surface area contributed by atoms with Crippen LogP contribution >= 0.6 is 22.9 Å². The van der Waals surface area contributed by atoms with Crippen molar-refractivity contribution in [2.75, 3.05) is 6.54 Å².